The predicted octanol–water partition coefficient (Wildman–Crippen LogP) is 2.06. The average molecular weight is 278 g/mol. The van der Waals surface area contributed by atoms with Crippen molar-refractivity contribution >= 4 is 26.0 Å². The predicted molar refractivity (Wildman–Crippen MR) is 60.5 cm³/mol. The molecule has 0 saturated heterocycles. The van der Waals surface area contributed by atoms with Crippen molar-refractivity contribution < 1.29 is 8.42 Å². The van der Waals surface area contributed by atoms with Crippen LogP contribution in [0.25, 0.3) is 0 Å². The van der Waals surface area contributed by atoms with Crippen molar-refractivity contribution in [2.75, 3.05) is 6.26 Å². The van der Waals surface area contributed by atoms with Gasteiger partial charge in [-0.15, -0.1) is 0 Å². The van der Waals surface area contributed by atoms with Gasteiger partial charge in [-0.05, 0) is 24.6 Å². The minimum atomic E-state index is -3.15. The third-order valence-electron chi connectivity index (χ3n) is 1.74. The molecule has 1 aromatic rings. The van der Waals surface area contributed by atoms with Gasteiger partial charge < -0.3 is 0 Å². The molecule has 78 valence electrons. The van der Waals surface area contributed by atoms with Gasteiger partial charge in [0.05, 0.1) is 6.26 Å². The van der Waals surface area contributed by atoms with Crippen molar-refractivity contribution in [3.05, 3.63) is 34.3 Å². The van der Waals surface area contributed by atoms with Crippen LogP contribution in [0.2, 0.25) is 0 Å². The fourth-order valence-electron chi connectivity index (χ4n) is 1.17. The van der Waals surface area contributed by atoms with Crippen molar-refractivity contribution in [3.8, 4) is 0 Å². The standard InChI is InChI=1S/C9H12BrNO2S/c1-7(11-14(2,12)13)8-4-3-5-9(10)6-8/h3-7,11H,1-2H3/t7-/m1/s1. The normalized spacial score (nSPS) is 13.9. The van der Waals surface area contributed by atoms with Crippen LogP contribution in [0.15, 0.2) is 28.7 Å². The fraction of sp³-hybridized carbons (Fsp3) is 0.333. The monoisotopic (exact) mass is 277 g/mol. The topological polar surface area (TPSA) is 46.2 Å². The maximum atomic E-state index is 11.0. The van der Waals surface area contributed by atoms with Crippen LogP contribution in [0.5, 0.6) is 0 Å². The molecular formula is C9H12BrNO2S. The minimum Gasteiger partial charge on any atom is -0.213 e. The lowest BCUT2D eigenvalue weighted by molar-refractivity contribution is 0.573. The number of sulfonamides is 1. The second-order valence-electron chi connectivity index (χ2n) is 3.17. The number of hydrogen-bond donors (Lipinski definition) is 1. The van der Waals surface area contributed by atoms with Gasteiger partial charge in [0.25, 0.3) is 0 Å². The zero-order chi connectivity index (χ0) is 10.8. The van der Waals surface area contributed by atoms with Crippen LogP contribution in [0.1, 0.15) is 18.5 Å². The van der Waals surface area contributed by atoms with Gasteiger partial charge in [0.2, 0.25) is 10.0 Å². The summed E-state index contributed by atoms with van der Waals surface area (Å²) in [5.41, 5.74) is 0.935. The first-order valence-electron chi connectivity index (χ1n) is 4.11. The maximum Gasteiger partial charge on any atom is 0.209 e. The first-order valence-corrected chi connectivity index (χ1v) is 6.80. The molecular weight excluding hydrogens is 266 g/mol. The van der Waals surface area contributed by atoms with E-state index < -0.39 is 10.0 Å². The first kappa shape index (κ1) is 11.7. The van der Waals surface area contributed by atoms with E-state index in [1.807, 2.05) is 31.2 Å². The summed E-state index contributed by atoms with van der Waals surface area (Å²) < 4.78 is 25.4. The number of rotatable bonds is 3. The lowest BCUT2D eigenvalue weighted by atomic mass is 10.1. The van der Waals surface area contributed by atoms with Crippen molar-refractivity contribution in [1.29, 1.82) is 0 Å². The van der Waals surface area contributed by atoms with E-state index in [1.165, 1.54) is 0 Å². The maximum absolute atomic E-state index is 11.0. The molecule has 0 aliphatic carbocycles. The lowest BCUT2D eigenvalue weighted by Crippen LogP contribution is -2.25. The molecule has 5 heteroatoms. The molecule has 1 N–H and O–H groups in total. The van der Waals surface area contributed by atoms with E-state index >= 15 is 0 Å². The van der Waals surface area contributed by atoms with Gasteiger partial charge in [-0.1, -0.05) is 28.1 Å². The van der Waals surface area contributed by atoms with Gasteiger partial charge >= 0.3 is 0 Å². The molecule has 3 nitrogen and oxygen atoms in total. The Morgan fingerprint density at radius 3 is 2.57 bits per heavy atom. The summed E-state index contributed by atoms with van der Waals surface area (Å²) in [6.07, 6.45) is 1.15. The molecule has 1 rings (SSSR count). The minimum absolute atomic E-state index is 0.206. The number of halogens is 1. The highest BCUT2D eigenvalue weighted by atomic mass is 79.9. The fourth-order valence-corrected chi connectivity index (χ4v) is 2.36. The molecule has 0 bridgehead atoms. The Kier molecular flexibility index (Phi) is 3.69. The van der Waals surface area contributed by atoms with E-state index in [2.05, 4.69) is 20.7 Å². The Balaban J connectivity index is 2.85. The van der Waals surface area contributed by atoms with E-state index in [9.17, 15) is 8.42 Å². The highest BCUT2D eigenvalue weighted by Gasteiger charge is 2.10. The molecule has 0 aromatic heterocycles. The molecule has 0 radical (unpaired) electrons. The Labute approximate surface area is 92.7 Å². The van der Waals surface area contributed by atoms with Crippen molar-refractivity contribution in [3.63, 3.8) is 0 Å². The summed E-state index contributed by atoms with van der Waals surface area (Å²) in [5, 5.41) is 0. The van der Waals surface area contributed by atoms with E-state index in [0.717, 1.165) is 16.3 Å². The van der Waals surface area contributed by atoms with E-state index in [0.29, 0.717) is 0 Å². The lowest BCUT2D eigenvalue weighted by Gasteiger charge is -2.12. The second-order valence-corrected chi connectivity index (χ2v) is 5.86. The van der Waals surface area contributed by atoms with Crippen molar-refractivity contribution in [1.82, 2.24) is 4.72 Å². The first-order chi connectivity index (χ1) is 6.38. The van der Waals surface area contributed by atoms with Gasteiger partial charge in [-0.2, -0.15) is 0 Å². The summed E-state index contributed by atoms with van der Waals surface area (Å²) in [4.78, 5) is 0. The molecule has 0 saturated carbocycles. The van der Waals surface area contributed by atoms with Crippen molar-refractivity contribution in [2.24, 2.45) is 0 Å². The number of hydrogen-bond acceptors (Lipinski definition) is 2. The molecule has 0 amide bonds. The molecule has 14 heavy (non-hydrogen) atoms. The molecule has 0 fully saturated rings. The Morgan fingerprint density at radius 1 is 1.43 bits per heavy atom. The Bertz CT molecular complexity index is 417. The number of nitrogens with one attached hydrogen (secondary N) is 1. The zero-order valence-corrected chi connectivity index (χ0v) is 10.4. The summed E-state index contributed by atoms with van der Waals surface area (Å²) in [6.45, 7) is 1.81. The third kappa shape index (κ3) is 3.77. The van der Waals surface area contributed by atoms with Crippen LogP contribution in [0.4, 0.5) is 0 Å². The van der Waals surface area contributed by atoms with Crippen LogP contribution < -0.4 is 4.72 Å². The van der Waals surface area contributed by atoms with E-state index in [1.54, 1.807) is 0 Å². The van der Waals surface area contributed by atoms with Crippen LogP contribution in [0.3, 0.4) is 0 Å². The van der Waals surface area contributed by atoms with Crippen LogP contribution in [0, 0.1) is 0 Å². The highest BCUT2D eigenvalue weighted by molar-refractivity contribution is 9.10. The molecule has 0 spiro atoms. The zero-order valence-electron chi connectivity index (χ0n) is 7.99. The summed E-state index contributed by atoms with van der Waals surface area (Å²) >= 11 is 3.33. The van der Waals surface area contributed by atoms with E-state index in [-0.39, 0.29) is 6.04 Å². The van der Waals surface area contributed by atoms with Crippen LogP contribution >= 0.6 is 15.9 Å². The largest absolute Gasteiger partial charge is 0.213 e. The highest BCUT2D eigenvalue weighted by Crippen LogP contribution is 2.18. The third-order valence-corrected chi connectivity index (χ3v) is 3.01. The number of benzene rings is 1. The van der Waals surface area contributed by atoms with Gasteiger partial charge in [0.15, 0.2) is 0 Å². The summed E-state index contributed by atoms with van der Waals surface area (Å²) in [7, 11) is -3.15. The van der Waals surface area contributed by atoms with E-state index in [4.69, 9.17) is 0 Å². The molecule has 0 aliphatic heterocycles. The summed E-state index contributed by atoms with van der Waals surface area (Å²) in [5.74, 6) is 0. The Hall–Kier alpha value is -0.390. The molecule has 0 unspecified atom stereocenters. The van der Waals surface area contributed by atoms with Gasteiger partial charge in [-0.3, -0.25) is 0 Å². The van der Waals surface area contributed by atoms with Gasteiger partial charge in [0.1, 0.15) is 0 Å². The summed E-state index contributed by atoms with van der Waals surface area (Å²) in [6, 6.07) is 7.34. The molecule has 1 atom stereocenters. The Morgan fingerprint density at radius 2 is 2.07 bits per heavy atom. The van der Waals surface area contributed by atoms with Crippen molar-refractivity contribution in [2.45, 2.75) is 13.0 Å². The molecule has 0 aliphatic rings. The average Bonchev–Trinajstić information content (AvgIpc) is 2.01. The SMILES string of the molecule is C[C@@H](NS(C)(=O)=O)c1cccc(Br)c1. The van der Waals surface area contributed by atoms with Gasteiger partial charge in [-0.25, -0.2) is 13.1 Å². The second kappa shape index (κ2) is 4.42. The van der Waals surface area contributed by atoms with Crippen LogP contribution in [-0.2, 0) is 10.0 Å². The van der Waals surface area contributed by atoms with Gasteiger partial charge in [0, 0.05) is 10.5 Å². The molecule has 0 heterocycles. The smallest absolute Gasteiger partial charge is 0.209 e. The quantitative estimate of drug-likeness (QED) is 0.919. The molecule has 1 aromatic carbocycles. The van der Waals surface area contributed by atoms with Crippen LogP contribution in [-0.4, -0.2) is 14.7 Å².